The molecule has 0 radical (unpaired) electrons. The van der Waals surface area contributed by atoms with Crippen LogP contribution >= 0.6 is 0 Å². The number of carbonyl (C=O) groups is 2. The van der Waals surface area contributed by atoms with Crippen molar-refractivity contribution in [2.45, 2.75) is 25.7 Å². The van der Waals surface area contributed by atoms with Crippen molar-refractivity contribution in [1.29, 1.82) is 5.26 Å². The maximum atomic E-state index is 12.9. The molecule has 0 unspecified atom stereocenters. The zero-order valence-electron chi connectivity index (χ0n) is 14.7. The van der Waals surface area contributed by atoms with E-state index in [1.165, 1.54) is 24.3 Å². The molecule has 6 heteroatoms. The molecule has 2 aromatic carbocycles. The van der Waals surface area contributed by atoms with E-state index in [9.17, 15) is 14.0 Å². The number of nitrogens with one attached hydrogen (secondary N) is 2. The third-order valence-electron chi connectivity index (χ3n) is 4.89. The monoisotopic (exact) mass is 365 g/mol. The number of hydrogen-bond donors (Lipinski definition) is 2. The topological polar surface area (TPSA) is 82.0 Å². The number of anilines is 2. The lowest BCUT2D eigenvalue weighted by molar-refractivity contribution is -0.125. The standard InChI is InChI=1S/C21H20FN3O2/c22-17-9-11-18(12-10-17)24-20(26)14-5-7-15(8-6-14)21(27)25-19-4-2-1-3-16(19)13-23/h1-4,9-12,14-15H,5-8H2,(H,24,26)(H,25,27). The molecule has 0 aromatic heterocycles. The van der Waals surface area contributed by atoms with Crippen LogP contribution < -0.4 is 10.6 Å². The molecule has 5 nitrogen and oxygen atoms in total. The minimum Gasteiger partial charge on any atom is -0.326 e. The molecule has 2 amide bonds. The minimum atomic E-state index is -0.350. The summed E-state index contributed by atoms with van der Waals surface area (Å²) in [6.45, 7) is 0. The molecular formula is C21H20FN3O2. The lowest BCUT2D eigenvalue weighted by atomic mass is 9.81. The molecular weight excluding hydrogens is 345 g/mol. The summed E-state index contributed by atoms with van der Waals surface area (Å²) in [5, 5.41) is 14.7. The van der Waals surface area contributed by atoms with E-state index in [1.54, 1.807) is 24.3 Å². The highest BCUT2D eigenvalue weighted by molar-refractivity contribution is 5.95. The number of amides is 2. The summed E-state index contributed by atoms with van der Waals surface area (Å²) < 4.78 is 12.9. The van der Waals surface area contributed by atoms with Crippen LogP contribution in [0.5, 0.6) is 0 Å². The fraction of sp³-hybridized carbons (Fsp3) is 0.286. The van der Waals surface area contributed by atoms with Crippen molar-refractivity contribution in [2.75, 3.05) is 10.6 Å². The Morgan fingerprint density at radius 3 is 2.04 bits per heavy atom. The number of carbonyl (C=O) groups excluding carboxylic acids is 2. The second kappa shape index (κ2) is 8.45. The molecule has 0 heterocycles. The second-order valence-electron chi connectivity index (χ2n) is 6.69. The first-order chi connectivity index (χ1) is 13.1. The fourth-order valence-electron chi connectivity index (χ4n) is 3.32. The summed E-state index contributed by atoms with van der Waals surface area (Å²) in [4.78, 5) is 24.8. The molecule has 1 aliphatic carbocycles. The molecule has 3 rings (SSSR count). The van der Waals surface area contributed by atoms with E-state index in [2.05, 4.69) is 16.7 Å². The van der Waals surface area contributed by atoms with Crippen LogP contribution in [0, 0.1) is 29.0 Å². The SMILES string of the molecule is N#Cc1ccccc1NC(=O)C1CCC(C(=O)Nc2ccc(F)cc2)CC1. The van der Waals surface area contributed by atoms with Gasteiger partial charge in [-0.2, -0.15) is 5.26 Å². The Kier molecular flexibility index (Phi) is 5.82. The summed E-state index contributed by atoms with van der Waals surface area (Å²) in [6.07, 6.45) is 2.46. The van der Waals surface area contributed by atoms with Crippen LogP contribution in [0.2, 0.25) is 0 Å². The predicted octanol–water partition coefficient (Wildman–Crippen LogP) is 4.08. The van der Waals surface area contributed by atoms with Crippen molar-refractivity contribution in [1.82, 2.24) is 0 Å². The molecule has 0 aliphatic heterocycles. The number of hydrogen-bond acceptors (Lipinski definition) is 3. The van der Waals surface area contributed by atoms with Gasteiger partial charge in [-0.1, -0.05) is 12.1 Å². The van der Waals surface area contributed by atoms with Crippen molar-refractivity contribution >= 4 is 23.2 Å². The average molecular weight is 365 g/mol. The number of para-hydroxylation sites is 1. The Labute approximate surface area is 157 Å². The Bertz CT molecular complexity index is 866. The van der Waals surface area contributed by atoms with Crippen molar-refractivity contribution in [3.63, 3.8) is 0 Å². The normalized spacial score (nSPS) is 19.0. The molecule has 27 heavy (non-hydrogen) atoms. The second-order valence-corrected chi connectivity index (χ2v) is 6.69. The molecule has 1 saturated carbocycles. The summed E-state index contributed by atoms with van der Waals surface area (Å²) in [7, 11) is 0. The Balaban J connectivity index is 1.52. The molecule has 2 N–H and O–H groups in total. The van der Waals surface area contributed by atoms with E-state index in [1.807, 2.05) is 0 Å². The lowest BCUT2D eigenvalue weighted by Crippen LogP contribution is -2.32. The van der Waals surface area contributed by atoms with Gasteiger partial charge in [-0.3, -0.25) is 9.59 Å². The van der Waals surface area contributed by atoms with Gasteiger partial charge in [-0.05, 0) is 62.1 Å². The Hall–Kier alpha value is -3.20. The molecule has 0 atom stereocenters. The molecule has 2 aromatic rings. The van der Waals surface area contributed by atoms with Gasteiger partial charge < -0.3 is 10.6 Å². The predicted molar refractivity (Wildman–Crippen MR) is 100 cm³/mol. The van der Waals surface area contributed by atoms with E-state index in [4.69, 9.17) is 5.26 Å². The van der Waals surface area contributed by atoms with Crippen LogP contribution in [-0.4, -0.2) is 11.8 Å². The fourth-order valence-corrected chi connectivity index (χ4v) is 3.32. The van der Waals surface area contributed by atoms with E-state index >= 15 is 0 Å². The summed E-state index contributed by atoms with van der Waals surface area (Å²) in [5.74, 6) is -0.903. The van der Waals surface area contributed by atoms with Crippen molar-refractivity contribution in [3.05, 3.63) is 59.9 Å². The van der Waals surface area contributed by atoms with Gasteiger partial charge in [-0.25, -0.2) is 4.39 Å². The van der Waals surface area contributed by atoms with Gasteiger partial charge in [0, 0.05) is 17.5 Å². The maximum absolute atomic E-state index is 12.9. The van der Waals surface area contributed by atoms with Gasteiger partial charge in [0.2, 0.25) is 11.8 Å². The van der Waals surface area contributed by atoms with Crippen LogP contribution in [0.1, 0.15) is 31.2 Å². The molecule has 0 bridgehead atoms. The van der Waals surface area contributed by atoms with E-state index < -0.39 is 0 Å². The van der Waals surface area contributed by atoms with E-state index in [0.29, 0.717) is 42.6 Å². The zero-order valence-corrected chi connectivity index (χ0v) is 14.7. The maximum Gasteiger partial charge on any atom is 0.227 e. The van der Waals surface area contributed by atoms with Gasteiger partial charge in [0.1, 0.15) is 11.9 Å². The summed E-state index contributed by atoms with van der Waals surface area (Å²) >= 11 is 0. The third-order valence-corrected chi connectivity index (χ3v) is 4.89. The van der Waals surface area contributed by atoms with Gasteiger partial charge in [0.15, 0.2) is 0 Å². The highest BCUT2D eigenvalue weighted by atomic mass is 19.1. The number of nitrogens with zero attached hydrogens (tertiary/aromatic N) is 1. The first-order valence-electron chi connectivity index (χ1n) is 8.93. The quantitative estimate of drug-likeness (QED) is 0.856. The first kappa shape index (κ1) is 18.6. The van der Waals surface area contributed by atoms with Crippen molar-refractivity contribution in [2.24, 2.45) is 11.8 Å². The van der Waals surface area contributed by atoms with Crippen molar-refractivity contribution < 1.29 is 14.0 Å². The van der Waals surface area contributed by atoms with Gasteiger partial charge in [0.05, 0.1) is 11.3 Å². The Morgan fingerprint density at radius 2 is 1.44 bits per heavy atom. The Morgan fingerprint density at radius 1 is 0.889 bits per heavy atom. The third kappa shape index (κ3) is 4.70. The largest absolute Gasteiger partial charge is 0.326 e. The summed E-state index contributed by atoms with van der Waals surface area (Å²) in [6, 6.07) is 14.6. The van der Waals surface area contributed by atoms with Gasteiger partial charge in [0.25, 0.3) is 0 Å². The number of nitriles is 1. The van der Waals surface area contributed by atoms with Crippen LogP contribution in [0.25, 0.3) is 0 Å². The minimum absolute atomic E-state index is 0.102. The van der Waals surface area contributed by atoms with Gasteiger partial charge in [-0.15, -0.1) is 0 Å². The van der Waals surface area contributed by atoms with E-state index in [-0.39, 0.29) is 29.5 Å². The molecule has 1 aliphatic rings. The molecule has 0 spiro atoms. The van der Waals surface area contributed by atoms with Gasteiger partial charge >= 0.3 is 0 Å². The van der Waals surface area contributed by atoms with Crippen LogP contribution in [0.4, 0.5) is 15.8 Å². The number of benzene rings is 2. The van der Waals surface area contributed by atoms with Crippen LogP contribution in [-0.2, 0) is 9.59 Å². The van der Waals surface area contributed by atoms with E-state index in [0.717, 1.165) is 0 Å². The number of halogens is 1. The first-order valence-corrected chi connectivity index (χ1v) is 8.93. The zero-order chi connectivity index (χ0) is 19.2. The van der Waals surface area contributed by atoms with Crippen LogP contribution in [0.3, 0.4) is 0 Å². The molecule has 138 valence electrons. The smallest absolute Gasteiger partial charge is 0.227 e. The lowest BCUT2D eigenvalue weighted by Gasteiger charge is -2.27. The number of rotatable bonds is 4. The van der Waals surface area contributed by atoms with Crippen molar-refractivity contribution in [3.8, 4) is 6.07 Å². The summed E-state index contributed by atoms with van der Waals surface area (Å²) in [5.41, 5.74) is 1.51. The average Bonchev–Trinajstić information content (AvgIpc) is 2.70. The highest BCUT2D eigenvalue weighted by Gasteiger charge is 2.30. The highest BCUT2D eigenvalue weighted by Crippen LogP contribution is 2.31. The van der Waals surface area contributed by atoms with Crippen LogP contribution in [0.15, 0.2) is 48.5 Å². The molecule has 1 fully saturated rings. The molecule has 0 saturated heterocycles.